The fourth-order valence-corrected chi connectivity index (χ4v) is 2.80. The molecule has 92 valence electrons. The number of benzene rings is 1. The molecule has 3 rings (SSSR count). The Bertz CT molecular complexity index is 603. The fraction of sp³-hybridized carbons (Fsp3) is 0.333. The molecule has 3 nitrogen and oxygen atoms in total. The normalized spacial score (nSPS) is 18.3. The highest BCUT2D eigenvalue weighted by Gasteiger charge is 2.20. The number of hydrogen-bond acceptors (Lipinski definition) is 2. The van der Waals surface area contributed by atoms with Gasteiger partial charge in [-0.05, 0) is 30.4 Å². The highest BCUT2D eigenvalue weighted by atomic mass is 16.1. The predicted octanol–water partition coefficient (Wildman–Crippen LogP) is 2.36. The SMILES string of the molecule is O=c1ccncn1CC1CCCc2ccccc21. The van der Waals surface area contributed by atoms with E-state index in [-0.39, 0.29) is 5.56 Å². The van der Waals surface area contributed by atoms with Gasteiger partial charge in [-0.2, -0.15) is 0 Å². The predicted molar refractivity (Wildman–Crippen MR) is 70.6 cm³/mol. The van der Waals surface area contributed by atoms with Gasteiger partial charge >= 0.3 is 0 Å². The van der Waals surface area contributed by atoms with Crippen molar-refractivity contribution in [2.45, 2.75) is 31.7 Å². The molecule has 0 saturated heterocycles. The summed E-state index contributed by atoms with van der Waals surface area (Å²) in [5.74, 6) is 0.442. The first kappa shape index (κ1) is 11.2. The number of aromatic nitrogens is 2. The standard InChI is InChI=1S/C15H16N2O/c18-15-8-9-16-11-17(15)10-13-6-3-5-12-4-1-2-7-14(12)13/h1-2,4,7-9,11,13H,3,5-6,10H2. The zero-order valence-corrected chi connectivity index (χ0v) is 10.2. The minimum absolute atomic E-state index is 0.0352. The smallest absolute Gasteiger partial charge is 0.253 e. The van der Waals surface area contributed by atoms with Gasteiger partial charge in [0.05, 0.1) is 6.33 Å². The number of hydrogen-bond donors (Lipinski definition) is 0. The molecule has 2 aromatic rings. The van der Waals surface area contributed by atoms with Crippen LogP contribution in [-0.2, 0) is 13.0 Å². The summed E-state index contributed by atoms with van der Waals surface area (Å²) in [6, 6.07) is 10.1. The van der Waals surface area contributed by atoms with E-state index in [0.717, 1.165) is 19.4 Å². The summed E-state index contributed by atoms with van der Waals surface area (Å²) in [4.78, 5) is 15.8. The molecule has 0 amide bonds. The molecular weight excluding hydrogens is 224 g/mol. The topological polar surface area (TPSA) is 34.9 Å². The second-order valence-electron chi connectivity index (χ2n) is 4.86. The minimum Gasteiger partial charge on any atom is -0.299 e. The van der Waals surface area contributed by atoms with Gasteiger partial charge in [0.15, 0.2) is 0 Å². The zero-order chi connectivity index (χ0) is 12.4. The Balaban J connectivity index is 1.91. The average Bonchev–Trinajstić information content (AvgIpc) is 2.42. The lowest BCUT2D eigenvalue weighted by atomic mass is 9.83. The number of rotatable bonds is 2. The van der Waals surface area contributed by atoms with Crippen molar-refractivity contribution >= 4 is 0 Å². The third-order valence-corrected chi connectivity index (χ3v) is 3.70. The summed E-state index contributed by atoms with van der Waals surface area (Å²) in [7, 11) is 0. The molecule has 0 saturated carbocycles. The number of aryl methyl sites for hydroxylation is 1. The third-order valence-electron chi connectivity index (χ3n) is 3.70. The van der Waals surface area contributed by atoms with Crippen LogP contribution in [0.1, 0.15) is 29.9 Å². The van der Waals surface area contributed by atoms with Gasteiger partial charge in [-0.3, -0.25) is 9.36 Å². The first-order chi connectivity index (χ1) is 8.84. The molecule has 1 atom stereocenters. The van der Waals surface area contributed by atoms with Crippen molar-refractivity contribution in [3.63, 3.8) is 0 Å². The molecule has 0 fully saturated rings. The molecule has 0 N–H and O–H groups in total. The monoisotopic (exact) mass is 240 g/mol. The molecule has 3 heteroatoms. The second-order valence-corrected chi connectivity index (χ2v) is 4.86. The van der Waals surface area contributed by atoms with E-state index in [9.17, 15) is 4.79 Å². The van der Waals surface area contributed by atoms with E-state index < -0.39 is 0 Å². The maximum absolute atomic E-state index is 11.7. The van der Waals surface area contributed by atoms with Crippen LogP contribution in [0.25, 0.3) is 0 Å². The van der Waals surface area contributed by atoms with Crippen LogP contribution in [0.4, 0.5) is 0 Å². The molecule has 0 spiro atoms. The van der Waals surface area contributed by atoms with Crippen molar-refractivity contribution < 1.29 is 0 Å². The van der Waals surface area contributed by atoms with Crippen LogP contribution in [0.5, 0.6) is 0 Å². The Morgan fingerprint density at radius 2 is 2.17 bits per heavy atom. The molecule has 0 bridgehead atoms. The van der Waals surface area contributed by atoms with Gasteiger partial charge in [0, 0.05) is 24.7 Å². The fourth-order valence-electron chi connectivity index (χ4n) is 2.80. The lowest BCUT2D eigenvalue weighted by Gasteiger charge is -2.25. The summed E-state index contributed by atoms with van der Waals surface area (Å²) in [6.45, 7) is 0.740. The van der Waals surface area contributed by atoms with Crippen molar-refractivity contribution in [3.8, 4) is 0 Å². The van der Waals surface area contributed by atoms with Crippen molar-refractivity contribution in [2.24, 2.45) is 0 Å². The molecule has 1 aliphatic rings. The average molecular weight is 240 g/mol. The molecule has 1 aliphatic carbocycles. The lowest BCUT2D eigenvalue weighted by Crippen LogP contribution is -2.24. The van der Waals surface area contributed by atoms with Crippen LogP contribution in [0.3, 0.4) is 0 Å². The minimum atomic E-state index is 0.0352. The molecule has 0 aliphatic heterocycles. The van der Waals surface area contributed by atoms with Gasteiger partial charge in [-0.25, -0.2) is 4.98 Å². The summed E-state index contributed by atoms with van der Waals surface area (Å²) in [5.41, 5.74) is 2.87. The Morgan fingerprint density at radius 3 is 3.06 bits per heavy atom. The van der Waals surface area contributed by atoms with Gasteiger partial charge in [0.1, 0.15) is 0 Å². The highest BCUT2D eigenvalue weighted by molar-refractivity contribution is 5.32. The van der Waals surface area contributed by atoms with Crippen LogP contribution >= 0.6 is 0 Å². The van der Waals surface area contributed by atoms with Crippen molar-refractivity contribution in [2.75, 3.05) is 0 Å². The lowest BCUT2D eigenvalue weighted by molar-refractivity contribution is 0.472. The molecular formula is C15H16N2O. The first-order valence-corrected chi connectivity index (χ1v) is 6.43. The summed E-state index contributed by atoms with van der Waals surface area (Å²) >= 11 is 0. The highest BCUT2D eigenvalue weighted by Crippen LogP contribution is 2.32. The van der Waals surface area contributed by atoms with E-state index in [1.807, 2.05) is 0 Å². The Kier molecular flexibility index (Phi) is 2.97. The maximum Gasteiger partial charge on any atom is 0.253 e. The molecule has 1 unspecified atom stereocenters. The second kappa shape index (κ2) is 4.77. The van der Waals surface area contributed by atoms with Crippen LogP contribution in [0.15, 0.2) is 47.7 Å². The molecule has 1 aromatic heterocycles. The molecule has 18 heavy (non-hydrogen) atoms. The Morgan fingerprint density at radius 1 is 1.28 bits per heavy atom. The van der Waals surface area contributed by atoms with Gasteiger partial charge in [0.25, 0.3) is 5.56 Å². The van der Waals surface area contributed by atoms with E-state index in [1.165, 1.54) is 23.6 Å². The van der Waals surface area contributed by atoms with Gasteiger partial charge in [0.2, 0.25) is 0 Å². The van der Waals surface area contributed by atoms with E-state index in [2.05, 4.69) is 29.2 Å². The van der Waals surface area contributed by atoms with Crippen molar-refractivity contribution in [3.05, 3.63) is 64.3 Å². The van der Waals surface area contributed by atoms with E-state index in [0.29, 0.717) is 5.92 Å². The first-order valence-electron chi connectivity index (χ1n) is 6.43. The quantitative estimate of drug-likeness (QED) is 0.807. The van der Waals surface area contributed by atoms with Crippen molar-refractivity contribution in [1.29, 1.82) is 0 Å². The van der Waals surface area contributed by atoms with Crippen LogP contribution in [-0.4, -0.2) is 9.55 Å². The summed E-state index contributed by atoms with van der Waals surface area (Å²) in [6.07, 6.45) is 6.71. The van der Waals surface area contributed by atoms with E-state index >= 15 is 0 Å². The number of fused-ring (bicyclic) bond motifs is 1. The summed E-state index contributed by atoms with van der Waals surface area (Å²) < 4.78 is 1.72. The van der Waals surface area contributed by atoms with E-state index in [1.54, 1.807) is 17.1 Å². The molecule has 1 heterocycles. The molecule has 0 radical (unpaired) electrons. The van der Waals surface area contributed by atoms with Crippen LogP contribution in [0.2, 0.25) is 0 Å². The Hall–Kier alpha value is -1.90. The van der Waals surface area contributed by atoms with Crippen LogP contribution in [0, 0.1) is 0 Å². The summed E-state index contributed by atoms with van der Waals surface area (Å²) in [5, 5.41) is 0. The van der Waals surface area contributed by atoms with E-state index in [4.69, 9.17) is 0 Å². The third kappa shape index (κ3) is 2.08. The zero-order valence-electron chi connectivity index (χ0n) is 10.2. The van der Waals surface area contributed by atoms with Crippen molar-refractivity contribution in [1.82, 2.24) is 9.55 Å². The van der Waals surface area contributed by atoms with Crippen LogP contribution < -0.4 is 5.56 Å². The Labute approximate surface area is 106 Å². The largest absolute Gasteiger partial charge is 0.299 e. The maximum atomic E-state index is 11.7. The number of nitrogens with zero attached hydrogens (tertiary/aromatic N) is 2. The van der Waals surface area contributed by atoms with Gasteiger partial charge in [-0.1, -0.05) is 24.3 Å². The molecule has 1 aromatic carbocycles. The van der Waals surface area contributed by atoms with Gasteiger partial charge in [-0.15, -0.1) is 0 Å². The van der Waals surface area contributed by atoms with Gasteiger partial charge < -0.3 is 0 Å².